The minimum atomic E-state index is -4.96. The lowest BCUT2D eigenvalue weighted by molar-refractivity contribution is -0.143. The molecule has 1 atom stereocenters. The highest BCUT2D eigenvalue weighted by molar-refractivity contribution is 5.87. The summed E-state index contributed by atoms with van der Waals surface area (Å²) >= 11 is 0. The number of rotatable bonds is 11. The van der Waals surface area contributed by atoms with Gasteiger partial charge >= 0.3 is 12.4 Å². The standard InChI is InChI=1S/C29H34F6N4O2/c30-28(31,32)22-15-20(16-23(17-22)29(33,34)35)18-41-19-26(38)24(25(37)7-4-11-36)8-12-39-13-9-27(40,10-14-39)21-5-2-1-3-6-21/h1-7,11,15-17,24,38,40H,8-10,12-14,18-19,36-37H2/b11-4-,25-7-,38-26?. The zero-order valence-electron chi connectivity index (χ0n) is 22.3. The summed E-state index contributed by atoms with van der Waals surface area (Å²) in [6, 6.07) is 10.7. The number of hydrogen-bond donors (Lipinski definition) is 4. The number of alkyl halides is 6. The molecular weight excluding hydrogens is 550 g/mol. The lowest BCUT2D eigenvalue weighted by Crippen LogP contribution is -2.43. The van der Waals surface area contributed by atoms with E-state index >= 15 is 0 Å². The third kappa shape index (κ3) is 9.07. The molecule has 1 saturated heterocycles. The maximum Gasteiger partial charge on any atom is 0.416 e. The molecule has 224 valence electrons. The van der Waals surface area contributed by atoms with Gasteiger partial charge in [0, 0.05) is 30.4 Å². The van der Waals surface area contributed by atoms with E-state index in [0.717, 1.165) is 5.56 Å². The van der Waals surface area contributed by atoms with Crippen molar-refractivity contribution < 1.29 is 36.2 Å². The minimum Gasteiger partial charge on any atom is -0.405 e. The Bertz CT molecular complexity index is 1190. The van der Waals surface area contributed by atoms with Crippen molar-refractivity contribution in [2.24, 2.45) is 17.4 Å². The molecule has 2 aromatic carbocycles. The Hall–Kier alpha value is -3.35. The number of hydrogen-bond acceptors (Lipinski definition) is 6. The van der Waals surface area contributed by atoms with E-state index in [1.807, 2.05) is 30.3 Å². The minimum absolute atomic E-state index is 0.0185. The van der Waals surface area contributed by atoms with Crippen molar-refractivity contribution in [2.45, 2.75) is 43.8 Å². The molecule has 0 aromatic heterocycles. The molecule has 0 radical (unpaired) electrons. The van der Waals surface area contributed by atoms with Gasteiger partial charge in [0.2, 0.25) is 0 Å². The second-order valence-electron chi connectivity index (χ2n) is 10.1. The fourth-order valence-corrected chi connectivity index (χ4v) is 4.80. The monoisotopic (exact) mass is 584 g/mol. The number of piperidine rings is 1. The SMILES string of the molecule is N=C(COCc1cc(C(F)(F)F)cc(C(F)(F)F)c1)C(CCN1CCC(O)(c2ccccc2)CC1)/C(N)=C/C=C\N. The fourth-order valence-electron chi connectivity index (χ4n) is 4.80. The van der Waals surface area contributed by atoms with Crippen molar-refractivity contribution >= 4 is 5.71 Å². The Labute approximate surface area is 234 Å². The predicted molar refractivity (Wildman–Crippen MR) is 144 cm³/mol. The molecule has 12 heteroatoms. The summed E-state index contributed by atoms with van der Waals surface area (Å²) < 4.78 is 84.3. The first-order valence-electron chi connectivity index (χ1n) is 13.0. The van der Waals surface area contributed by atoms with Crippen molar-refractivity contribution in [1.82, 2.24) is 4.90 Å². The fraction of sp³-hybridized carbons (Fsp3) is 0.414. The van der Waals surface area contributed by atoms with Gasteiger partial charge in [-0.1, -0.05) is 30.3 Å². The van der Waals surface area contributed by atoms with Gasteiger partial charge in [0.25, 0.3) is 0 Å². The molecule has 1 fully saturated rings. The molecule has 6 nitrogen and oxygen atoms in total. The van der Waals surface area contributed by atoms with Gasteiger partial charge in [-0.15, -0.1) is 0 Å². The first-order valence-corrected chi connectivity index (χ1v) is 13.0. The number of aliphatic hydroxyl groups is 1. The molecule has 1 aliphatic heterocycles. The molecule has 1 aliphatic rings. The maximum atomic E-state index is 13.2. The van der Waals surface area contributed by atoms with Crippen molar-refractivity contribution in [1.29, 1.82) is 5.41 Å². The van der Waals surface area contributed by atoms with Crippen molar-refractivity contribution in [3.05, 3.63) is 94.8 Å². The molecule has 6 N–H and O–H groups in total. The largest absolute Gasteiger partial charge is 0.416 e. The Balaban J connectivity index is 1.63. The van der Waals surface area contributed by atoms with Crippen LogP contribution in [-0.4, -0.2) is 42.0 Å². The Morgan fingerprint density at radius 3 is 2.15 bits per heavy atom. The number of ether oxygens (including phenoxy) is 1. The van der Waals surface area contributed by atoms with Gasteiger partial charge in [-0.3, -0.25) is 0 Å². The zero-order chi connectivity index (χ0) is 30.3. The van der Waals surface area contributed by atoms with Crippen LogP contribution < -0.4 is 11.5 Å². The van der Waals surface area contributed by atoms with Crippen molar-refractivity contribution in [3.8, 4) is 0 Å². The molecule has 3 rings (SSSR count). The highest BCUT2D eigenvalue weighted by Gasteiger charge is 2.37. The van der Waals surface area contributed by atoms with E-state index in [1.165, 1.54) is 18.4 Å². The Kier molecular flexibility index (Phi) is 10.6. The van der Waals surface area contributed by atoms with Gasteiger partial charge < -0.3 is 31.6 Å². The first-order chi connectivity index (χ1) is 19.2. The van der Waals surface area contributed by atoms with Crippen molar-refractivity contribution in [2.75, 3.05) is 26.2 Å². The van der Waals surface area contributed by atoms with E-state index in [1.54, 1.807) is 0 Å². The Morgan fingerprint density at radius 1 is 1.02 bits per heavy atom. The van der Waals surface area contributed by atoms with Gasteiger partial charge in [-0.05, 0) is 73.5 Å². The van der Waals surface area contributed by atoms with Crippen LogP contribution in [0.5, 0.6) is 0 Å². The van der Waals surface area contributed by atoms with Crippen LogP contribution in [0.15, 0.2) is 72.6 Å². The average Bonchev–Trinajstić information content (AvgIpc) is 2.92. The lowest BCUT2D eigenvalue weighted by Gasteiger charge is -2.39. The lowest BCUT2D eigenvalue weighted by atomic mass is 9.84. The van der Waals surface area contributed by atoms with E-state index in [9.17, 15) is 31.4 Å². The number of benzene rings is 2. The van der Waals surface area contributed by atoms with Crippen LogP contribution in [0, 0.1) is 11.3 Å². The highest BCUT2D eigenvalue weighted by atomic mass is 19.4. The number of nitrogens with one attached hydrogen (secondary N) is 1. The number of halogens is 6. The smallest absolute Gasteiger partial charge is 0.405 e. The predicted octanol–water partition coefficient (Wildman–Crippen LogP) is 5.57. The van der Waals surface area contributed by atoms with Gasteiger partial charge in [-0.25, -0.2) is 0 Å². The summed E-state index contributed by atoms with van der Waals surface area (Å²) in [6.07, 6.45) is -4.16. The molecule has 41 heavy (non-hydrogen) atoms. The van der Waals surface area contributed by atoms with Crippen LogP contribution >= 0.6 is 0 Å². The normalized spacial score (nSPS) is 17.6. The summed E-state index contributed by atoms with van der Waals surface area (Å²) in [6.45, 7) is 0.869. The van der Waals surface area contributed by atoms with Crippen LogP contribution in [0.1, 0.15) is 41.5 Å². The summed E-state index contributed by atoms with van der Waals surface area (Å²) in [5.74, 6) is -0.603. The van der Waals surface area contributed by atoms with Gasteiger partial charge in [0.15, 0.2) is 0 Å². The zero-order valence-corrected chi connectivity index (χ0v) is 22.3. The van der Waals surface area contributed by atoms with Crippen LogP contribution in [0.3, 0.4) is 0 Å². The van der Waals surface area contributed by atoms with E-state index in [-0.39, 0.29) is 23.9 Å². The molecular formula is C29H34F6N4O2. The van der Waals surface area contributed by atoms with Gasteiger partial charge in [0.05, 0.1) is 29.9 Å². The van der Waals surface area contributed by atoms with E-state index < -0.39 is 41.6 Å². The highest BCUT2D eigenvalue weighted by Crippen LogP contribution is 2.37. The summed E-state index contributed by atoms with van der Waals surface area (Å²) in [7, 11) is 0. The topological polar surface area (TPSA) is 109 Å². The summed E-state index contributed by atoms with van der Waals surface area (Å²) in [4.78, 5) is 2.14. The van der Waals surface area contributed by atoms with Gasteiger partial charge in [-0.2, -0.15) is 26.3 Å². The average molecular weight is 585 g/mol. The Morgan fingerprint density at radius 2 is 1.61 bits per heavy atom. The molecule has 2 aromatic rings. The molecule has 0 spiro atoms. The van der Waals surface area contributed by atoms with Crippen LogP contribution in [0.4, 0.5) is 26.3 Å². The second kappa shape index (κ2) is 13.5. The summed E-state index contributed by atoms with van der Waals surface area (Å²) in [5, 5.41) is 19.6. The molecule has 0 saturated carbocycles. The van der Waals surface area contributed by atoms with E-state index in [4.69, 9.17) is 21.6 Å². The number of nitrogens with zero attached hydrogens (tertiary/aromatic N) is 1. The van der Waals surface area contributed by atoms with Crippen molar-refractivity contribution in [3.63, 3.8) is 0 Å². The second-order valence-corrected chi connectivity index (χ2v) is 10.1. The molecule has 0 bridgehead atoms. The van der Waals surface area contributed by atoms with Gasteiger partial charge in [0.1, 0.15) is 0 Å². The molecule has 0 amide bonds. The van der Waals surface area contributed by atoms with Crippen LogP contribution in [0.2, 0.25) is 0 Å². The number of nitrogens with two attached hydrogens (primary N) is 2. The van der Waals surface area contributed by atoms with Crippen LogP contribution in [0.25, 0.3) is 0 Å². The first kappa shape index (κ1) is 32.2. The third-order valence-electron chi connectivity index (χ3n) is 7.12. The van der Waals surface area contributed by atoms with E-state index in [2.05, 4.69) is 4.90 Å². The molecule has 1 unspecified atom stereocenters. The maximum absolute atomic E-state index is 13.2. The molecule has 0 aliphatic carbocycles. The third-order valence-corrected chi connectivity index (χ3v) is 7.12. The quantitative estimate of drug-likeness (QED) is 0.157. The number of likely N-dealkylation sites (tertiary alicyclic amines) is 1. The number of allylic oxidation sites excluding steroid dienone is 3. The van der Waals surface area contributed by atoms with Crippen LogP contribution in [-0.2, 0) is 29.3 Å². The summed E-state index contributed by atoms with van der Waals surface area (Å²) in [5.41, 5.74) is 8.71. The van der Waals surface area contributed by atoms with E-state index in [0.29, 0.717) is 56.7 Å². The molecule has 1 heterocycles.